The number of nitrogens with one attached hydrogen (secondary N) is 1. The molecule has 11 heteroatoms. The van der Waals surface area contributed by atoms with Crippen LogP contribution in [0.3, 0.4) is 0 Å². The van der Waals surface area contributed by atoms with Crippen LogP contribution in [0.15, 0.2) is 52.0 Å². The lowest BCUT2D eigenvalue weighted by molar-refractivity contribution is -0.149. The van der Waals surface area contributed by atoms with Crippen LogP contribution in [0.1, 0.15) is 23.4 Å². The van der Waals surface area contributed by atoms with Crippen LogP contribution in [-0.2, 0) is 19.1 Å². The Morgan fingerprint density at radius 1 is 1.41 bits per heavy atom. The largest absolute Gasteiger partial charge is 0.480 e. The van der Waals surface area contributed by atoms with Gasteiger partial charge in [-0.2, -0.15) is 0 Å². The van der Waals surface area contributed by atoms with Crippen molar-refractivity contribution < 1.29 is 28.6 Å². The van der Waals surface area contributed by atoms with Crippen molar-refractivity contribution in [2.24, 2.45) is 4.99 Å². The van der Waals surface area contributed by atoms with Crippen LogP contribution in [0.4, 0.5) is 4.39 Å². The molecule has 2 aromatic rings. The predicted octanol–water partition coefficient (Wildman–Crippen LogP) is 3.23. The van der Waals surface area contributed by atoms with Gasteiger partial charge >= 0.3 is 11.9 Å². The molecule has 8 nitrogen and oxygen atoms in total. The van der Waals surface area contributed by atoms with Crippen molar-refractivity contribution in [3.8, 4) is 0 Å². The van der Waals surface area contributed by atoms with E-state index in [0.717, 1.165) is 4.88 Å². The van der Waals surface area contributed by atoms with Crippen LogP contribution in [0.5, 0.6) is 0 Å². The number of morpholine rings is 1. The van der Waals surface area contributed by atoms with Gasteiger partial charge < -0.3 is 19.9 Å². The molecule has 0 amide bonds. The third-order valence-electron chi connectivity index (χ3n) is 5.52. The maximum absolute atomic E-state index is 13.8. The number of aliphatic carboxylic acids is 1. The van der Waals surface area contributed by atoms with Crippen LogP contribution in [0, 0.1) is 5.82 Å². The van der Waals surface area contributed by atoms with Crippen molar-refractivity contribution in [1.82, 2.24) is 10.2 Å². The Morgan fingerprint density at radius 3 is 2.91 bits per heavy atom. The van der Waals surface area contributed by atoms with Crippen LogP contribution < -0.4 is 5.32 Å². The summed E-state index contributed by atoms with van der Waals surface area (Å²) in [6.45, 7) is 2.72. The van der Waals surface area contributed by atoms with Crippen molar-refractivity contribution in [1.29, 1.82) is 0 Å². The van der Waals surface area contributed by atoms with Gasteiger partial charge in [0.15, 0.2) is 0 Å². The molecule has 3 heterocycles. The van der Waals surface area contributed by atoms with E-state index in [4.69, 9.17) is 26.1 Å². The first kappa shape index (κ1) is 24.3. The van der Waals surface area contributed by atoms with E-state index < -0.39 is 29.8 Å². The summed E-state index contributed by atoms with van der Waals surface area (Å²) in [5.41, 5.74) is 1.10. The van der Waals surface area contributed by atoms with Gasteiger partial charge in [0, 0.05) is 29.4 Å². The molecule has 0 saturated carbocycles. The number of halogens is 2. The molecule has 0 aliphatic carbocycles. The number of amidine groups is 1. The first-order valence-electron chi connectivity index (χ1n) is 10.7. The van der Waals surface area contributed by atoms with Crippen LogP contribution in [0.2, 0.25) is 5.02 Å². The SMILES string of the molecule is CCOC(=O)C1=C(CN2CCOCC2C(=O)O)NC(c2cccs2)=NC1c1ccc(F)cc1Cl. The molecule has 2 aliphatic rings. The summed E-state index contributed by atoms with van der Waals surface area (Å²) in [6.07, 6.45) is 0. The van der Waals surface area contributed by atoms with Crippen molar-refractivity contribution in [3.63, 3.8) is 0 Å². The van der Waals surface area contributed by atoms with E-state index in [9.17, 15) is 19.1 Å². The Labute approximate surface area is 204 Å². The number of rotatable bonds is 7. The Bertz CT molecular complexity index is 1140. The van der Waals surface area contributed by atoms with Gasteiger partial charge in [0.05, 0.1) is 30.3 Å². The van der Waals surface area contributed by atoms with Gasteiger partial charge in [0.2, 0.25) is 0 Å². The lowest BCUT2D eigenvalue weighted by atomic mass is 9.94. The van der Waals surface area contributed by atoms with Gasteiger partial charge in [0.25, 0.3) is 0 Å². The topological polar surface area (TPSA) is 100 Å². The number of esters is 1. The minimum absolute atomic E-state index is 0.0381. The van der Waals surface area contributed by atoms with Crippen LogP contribution in [0.25, 0.3) is 0 Å². The number of carboxylic acid groups (broad SMARTS) is 1. The molecule has 2 aliphatic heterocycles. The van der Waals surface area contributed by atoms with Gasteiger partial charge in [-0.15, -0.1) is 11.3 Å². The van der Waals surface area contributed by atoms with Crippen LogP contribution >= 0.6 is 22.9 Å². The molecule has 1 aromatic carbocycles. The van der Waals surface area contributed by atoms with Gasteiger partial charge in [-0.05, 0) is 30.5 Å². The minimum atomic E-state index is -1.01. The molecule has 0 bridgehead atoms. The number of aliphatic imine (C=N–C) groups is 1. The van der Waals surface area contributed by atoms with E-state index in [1.165, 1.54) is 29.5 Å². The van der Waals surface area contributed by atoms with E-state index in [-0.39, 0.29) is 30.4 Å². The van der Waals surface area contributed by atoms with Gasteiger partial charge in [-0.1, -0.05) is 23.7 Å². The average molecular weight is 508 g/mol. The fourth-order valence-electron chi connectivity index (χ4n) is 3.91. The molecular formula is C23H23ClFN3O5S. The van der Waals surface area contributed by atoms with Gasteiger partial charge in [-0.3, -0.25) is 14.7 Å². The first-order valence-corrected chi connectivity index (χ1v) is 11.9. The van der Waals surface area contributed by atoms with E-state index >= 15 is 0 Å². The number of thiophene rings is 1. The highest BCUT2D eigenvalue weighted by Crippen LogP contribution is 2.37. The summed E-state index contributed by atoms with van der Waals surface area (Å²) in [7, 11) is 0. The highest BCUT2D eigenvalue weighted by Gasteiger charge is 2.37. The zero-order chi connectivity index (χ0) is 24.2. The quantitative estimate of drug-likeness (QED) is 0.555. The molecule has 4 rings (SSSR count). The van der Waals surface area contributed by atoms with Crippen molar-refractivity contribution in [2.75, 3.05) is 32.9 Å². The molecule has 1 aromatic heterocycles. The van der Waals surface area contributed by atoms with Crippen molar-refractivity contribution in [2.45, 2.75) is 19.0 Å². The summed E-state index contributed by atoms with van der Waals surface area (Å²) in [5, 5.41) is 14.9. The number of carbonyl (C=O) groups is 2. The molecule has 2 atom stereocenters. The number of benzene rings is 1. The number of carboxylic acids is 1. The molecule has 2 N–H and O–H groups in total. The lowest BCUT2D eigenvalue weighted by Gasteiger charge is -2.35. The van der Waals surface area contributed by atoms with E-state index in [1.54, 1.807) is 11.8 Å². The van der Waals surface area contributed by atoms with Gasteiger partial charge in [-0.25, -0.2) is 9.18 Å². The highest BCUT2D eigenvalue weighted by molar-refractivity contribution is 7.12. The predicted molar refractivity (Wildman–Crippen MR) is 126 cm³/mol. The second-order valence-electron chi connectivity index (χ2n) is 7.66. The molecule has 1 fully saturated rings. The zero-order valence-electron chi connectivity index (χ0n) is 18.3. The number of carbonyl (C=O) groups excluding carboxylic acids is 1. The lowest BCUT2D eigenvalue weighted by Crippen LogP contribution is -2.52. The summed E-state index contributed by atoms with van der Waals surface area (Å²) in [4.78, 5) is 32.3. The standard InChI is InChI=1S/C23H23ClFN3O5S/c1-2-33-23(31)19-16(11-28-7-8-32-12-17(28)22(29)30)26-21(18-4-3-9-34-18)27-20(19)14-6-5-13(25)10-15(14)24/h3-6,9-10,17,20H,2,7-8,11-12H2,1H3,(H,26,27)(H,29,30). The third-order valence-corrected chi connectivity index (χ3v) is 6.72. The summed E-state index contributed by atoms with van der Waals surface area (Å²) in [5.74, 6) is -1.63. The fourth-order valence-corrected chi connectivity index (χ4v) is 4.86. The molecule has 1 saturated heterocycles. The highest BCUT2D eigenvalue weighted by atomic mass is 35.5. The monoisotopic (exact) mass is 507 g/mol. The summed E-state index contributed by atoms with van der Waals surface area (Å²) < 4.78 is 24.5. The second kappa shape index (κ2) is 10.6. The smallest absolute Gasteiger partial charge is 0.338 e. The van der Waals surface area contributed by atoms with Gasteiger partial charge in [0.1, 0.15) is 23.7 Å². The minimum Gasteiger partial charge on any atom is -0.480 e. The van der Waals surface area contributed by atoms with Crippen LogP contribution in [-0.4, -0.2) is 66.7 Å². The number of hydrogen-bond donors (Lipinski definition) is 2. The summed E-state index contributed by atoms with van der Waals surface area (Å²) in [6, 6.07) is 5.93. The zero-order valence-corrected chi connectivity index (χ0v) is 19.9. The maximum atomic E-state index is 13.8. The summed E-state index contributed by atoms with van der Waals surface area (Å²) >= 11 is 7.83. The van der Waals surface area contributed by atoms with Crippen molar-refractivity contribution in [3.05, 3.63) is 68.3 Å². The third kappa shape index (κ3) is 5.15. The Kier molecular flexibility index (Phi) is 7.62. The van der Waals surface area contributed by atoms with E-state index in [0.29, 0.717) is 30.2 Å². The Balaban J connectivity index is 1.83. The maximum Gasteiger partial charge on any atom is 0.338 e. The molecule has 34 heavy (non-hydrogen) atoms. The van der Waals surface area contributed by atoms with E-state index in [2.05, 4.69) is 5.32 Å². The molecule has 2 unspecified atom stereocenters. The normalized spacial score (nSPS) is 21.1. The molecule has 180 valence electrons. The Hall–Kier alpha value is -2.79. The average Bonchev–Trinajstić information content (AvgIpc) is 3.34. The number of nitrogens with zero attached hydrogens (tertiary/aromatic N) is 2. The number of ether oxygens (including phenoxy) is 2. The number of hydrogen-bond acceptors (Lipinski definition) is 8. The molecule has 0 spiro atoms. The fraction of sp³-hybridized carbons (Fsp3) is 0.348. The Morgan fingerprint density at radius 2 is 2.24 bits per heavy atom. The molecule has 0 radical (unpaired) electrons. The van der Waals surface area contributed by atoms with E-state index in [1.807, 2.05) is 17.5 Å². The second-order valence-corrected chi connectivity index (χ2v) is 9.02. The van der Waals surface area contributed by atoms with Crippen molar-refractivity contribution >= 4 is 40.7 Å². The first-order chi connectivity index (χ1) is 16.4. The molecular weight excluding hydrogens is 485 g/mol.